The third kappa shape index (κ3) is 6.54. The first-order chi connectivity index (χ1) is 18.9. The van der Waals surface area contributed by atoms with E-state index in [2.05, 4.69) is 9.72 Å². The lowest BCUT2D eigenvalue weighted by Gasteiger charge is -2.24. The Kier molecular flexibility index (Phi) is 7.45. The Labute approximate surface area is 223 Å². The van der Waals surface area contributed by atoms with Crippen molar-refractivity contribution in [2.45, 2.75) is 19.5 Å². The molecule has 5 aromatic rings. The number of hydrogen-bond acceptors (Lipinski definition) is 3. The van der Waals surface area contributed by atoms with Gasteiger partial charge in [-0.2, -0.15) is 0 Å². The first-order valence-electron chi connectivity index (χ1n) is 12.2. The second-order valence-electron chi connectivity index (χ2n) is 8.91. The molecule has 0 bridgehead atoms. The lowest BCUT2D eigenvalue weighted by atomic mass is 10.0. The topological polar surface area (TPSA) is 47.4 Å². The molecule has 1 amide bonds. The molecule has 0 N–H and O–H groups in total. The fourth-order valence-corrected chi connectivity index (χ4v) is 4.34. The van der Waals surface area contributed by atoms with Crippen molar-refractivity contribution >= 4 is 5.91 Å². The van der Waals surface area contributed by atoms with E-state index in [4.69, 9.17) is 0 Å². The Morgan fingerprint density at radius 1 is 0.769 bits per heavy atom. The number of benzene rings is 4. The third-order valence-corrected chi connectivity index (χ3v) is 6.10. The summed E-state index contributed by atoms with van der Waals surface area (Å²) in [6.45, 7) is 0.817. The number of alkyl halides is 3. The molecule has 0 unspecified atom stereocenters. The van der Waals surface area contributed by atoms with Crippen molar-refractivity contribution in [3.63, 3.8) is 0 Å². The van der Waals surface area contributed by atoms with Crippen LogP contribution in [0.2, 0.25) is 0 Å². The van der Waals surface area contributed by atoms with Crippen molar-refractivity contribution in [2.24, 2.45) is 0 Å². The van der Waals surface area contributed by atoms with E-state index in [-0.39, 0.29) is 11.7 Å². The zero-order valence-electron chi connectivity index (χ0n) is 20.8. The van der Waals surface area contributed by atoms with E-state index >= 15 is 0 Å². The van der Waals surface area contributed by atoms with Gasteiger partial charge in [0.05, 0.1) is 12.5 Å². The summed E-state index contributed by atoms with van der Waals surface area (Å²) in [6.07, 6.45) is -1.70. The number of imidazole rings is 1. The minimum absolute atomic E-state index is 0.203. The Balaban J connectivity index is 1.45. The fourth-order valence-electron chi connectivity index (χ4n) is 4.34. The van der Waals surface area contributed by atoms with Crippen LogP contribution in [0.1, 0.15) is 21.6 Å². The second kappa shape index (κ2) is 11.3. The van der Waals surface area contributed by atoms with Gasteiger partial charge in [-0.05, 0) is 46.5 Å². The van der Waals surface area contributed by atoms with Gasteiger partial charge in [0.2, 0.25) is 0 Å². The van der Waals surface area contributed by atoms with Crippen LogP contribution in [0.15, 0.2) is 122 Å². The Morgan fingerprint density at radius 3 is 1.97 bits per heavy atom. The lowest BCUT2D eigenvalue weighted by Crippen LogP contribution is -2.31. The molecule has 0 radical (unpaired) electrons. The summed E-state index contributed by atoms with van der Waals surface area (Å²) in [5.41, 5.74) is 4.22. The van der Waals surface area contributed by atoms with E-state index in [1.165, 1.54) is 24.4 Å². The van der Waals surface area contributed by atoms with E-state index in [0.29, 0.717) is 35.6 Å². The van der Waals surface area contributed by atoms with Gasteiger partial charge in [0, 0.05) is 18.8 Å². The summed E-state index contributed by atoms with van der Waals surface area (Å²) in [6, 6.07) is 32.5. The minimum Gasteiger partial charge on any atom is -0.406 e. The predicted octanol–water partition coefficient (Wildman–Crippen LogP) is 7.28. The number of carbonyl (C=O) groups is 1. The first-order valence-corrected chi connectivity index (χ1v) is 12.2. The van der Waals surface area contributed by atoms with Crippen LogP contribution in [0, 0.1) is 0 Å². The van der Waals surface area contributed by atoms with E-state index in [0.717, 1.165) is 11.1 Å². The van der Waals surface area contributed by atoms with Crippen LogP contribution >= 0.6 is 0 Å². The highest BCUT2D eigenvalue weighted by atomic mass is 19.4. The standard InChI is InChI=1S/C31H24F3N3O2/c32-31(33,34)39-28-16-8-14-26(18-28)25-13-7-15-27(17-25)37-22-35-19-29(37)30(38)36(20-23-9-3-1-4-10-23)21-24-11-5-2-6-12-24/h1-19,22H,20-21H2. The smallest absolute Gasteiger partial charge is 0.406 e. The normalized spacial score (nSPS) is 11.3. The zero-order valence-corrected chi connectivity index (χ0v) is 20.8. The molecule has 5 nitrogen and oxygen atoms in total. The molecule has 39 heavy (non-hydrogen) atoms. The van der Waals surface area contributed by atoms with Gasteiger partial charge >= 0.3 is 6.36 Å². The first kappa shape index (κ1) is 25.8. The molecule has 0 saturated heterocycles. The summed E-state index contributed by atoms with van der Waals surface area (Å²) < 4.78 is 43.9. The fraction of sp³-hybridized carbons (Fsp3) is 0.0968. The molecular formula is C31H24F3N3O2. The third-order valence-electron chi connectivity index (χ3n) is 6.10. The minimum atomic E-state index is -4.78. The molecule has 196 valence electrons. The number of amides is 1. The molecule has 0 aliphatic rings. The van der Waals surface area contributed by atoms with Crippen molar-refractivity contribution in [1.82, 2.24) is 14.5 Å². The highest BCUT2D eigenvalue weighted by molar-refractivity contribution is 5.93. The quantitative estimate of drug-likeness (QED) is 0.213. The Bertz CT molecular complexity index is 1510. The van der Waals surface area contributed by atoms with Gasteiger partial charge in [-0.25, -0.2) is 4.98 Å². The van der Waals surface area contributed by atoms with Crippen LogP contribution in [0.5, 0.6) is 5.75 Å². The molecule has 0 atom stereocenters. The summed E-state index contributed by atoms with van der Waals surface area (Å²) in [5, 5.41) is 0. The molecule has 1 heterocycles. The molecule has 4 aromatic carbocycles. The molecule has 0 fully saturated rings. The van der Waals surface area contributed by atoms with E-state index < -0.39 is 6.36 Å². The number of nitrogens with zero attached hydrogens (tertiary/aromatic N) is 3. The van der Waals surface area contributed by atoms with Gasteiger partial charge in [-0.3, -0.25) is 9.36 Å². The zero-order chi connectivity index (χ0) is 27.2. The van der Waals surface area contributed by atoms with Gasteiger partial charge in [0.1, 0.15) is 11.4 Å². The van der Waals surface area contributed by atoms with Crippen molar-refractivity contribution in [1.29, 1.82) is 0 Å². The maximum absolute atomic E-state index is 13.9. The summed E-state index contributed by atoms with van der Waals surface area (Å²) in [7, 11) is 0. The molecule has 5 rings (SSSR count). The molecule has 1 aromatic heterocycles. The molecule has 0 spiro atoms. The molecule has 0 aliphatic heterocycles. The number of aromatic nitrogens is 2. The average molecular weight is 528 g/mol. The Morgan fingerprint density at radius 2 is 1.36 bits per heavy atom. The summed E-state index contributed by atoms with van der Waals surface area (Å²) in [4.78, 5) is 19.9. The van der Waals surface area contributed by atoms with Gasteiger partial charge in [0.25, 0.3) is 5.91 Å². The van der Waals surface area contributed by atoms with E-state index in [1.807, 2.05) is 66.7 Å². The van der Waals surface area contributed by atoms with Crippen molar-refractivity contribution in [2.75, 3.05) is 0 Å². The molecular weight excluding hydrogens is 503 g/mol. The highest BCUT2D eigenvalue weighted by Gasteiger charge is 2.31. The average Bonchev–Trinajstić information content (AvgIpc) is 3.43. The van der Waals surface area contributed by atoms with Gasteiger partial charge in [-0.15, -0.1) is 13.2 Å². The van der Waals surface area contributed by atoms with Crippen LogP contribution in [-0.2, 0) is 13.1 Å². The SMILES string of the molecule is O=C(c1cncn1-c1cccc(-c2cccc(OC(F)(F)F)c2)c1)N(Cc1ccccc1)Cc1ccccc1. The van der Waals surface area contributed by atoms with Gasteiger partial charge in [0.15, 0.2) is 0 Å². The maximum atomic E-state index is 13.9. The second-order valence-corrected chi connectivity index (χ2v) is 8.91. The maximum Gasteiger partial charge on any atom is 0.573 e. The molecule has 8 heteroatoms. The number of halogens is 3. The van der Waals surface area contributed by atoms with Crippen LogP contribution in [0.25, 0.3) is 16.8 Å². The number of hydrogen-bond donors (Lipinski definition) is 0. The molecule has 0 saturated carbocycles. The summed E-state index contributed by atoms with van der Waals surface area (Å²) in [5.74, 6) is -0.507. The van der Waals surface area contributed by atoms with Crippen LogP contribution in [-0.4, -0.2) is 26.7 Å². The van der Waals surface area contributed by atoms with Crippen molar-refractivity contribution in [3.8, 4) is 22.6 Å². The number of ether oxygens (including phenoxy) is 1. The number of rotatable bonds is 8. The predicted molar refractivity (Wildman–Crippen MR) is 142 cm³/mol. The van der Waals surface area contributed by atoms with Gasteiger partial charge < -0.3 is 9.64 Å². The monoisotopic (exact) mass is 527 g/mol. The van der Waals surface area contributed by atoms with Crippen LogP contribution in [0.4, 0.5) is 13.2 Å². The largest absolute Gasteiger partial charge is 0.573 e. The van der Waals surface area contributed by atoms with Crippen molar-refractivity contribution in [3.05, 3.63) is 139 Å². The summed E-state index contributed by atoms with van der Waals surface area (Å²) >= 11 is 0. The molecule has 0 aliphatic carbocycles. The van der Waals surface area contributed by atoms with E-state index in [1.54, 1.807) is 40.1 Å². The van der Waals surface area contributed by atoms with E-state index in [9.17, 15) is 18.0 Å². The lowest BCUT2D eigenvalue weighted by molar-refractivity contribution is -0.274. The van der Waals surface area contributed by atoms with Crippen molar-refractivity contribution < 1.29 is 22.7 Å². The Hall–Kier alpha value is -4.85. The van der Waals surface area contributed by atoms with Gasteiger partial charge in [-0.1, -0.05) is 84.9 Å². The number of carbonyl (C=O) groups excluding carboxylic acids is 1. The van der Waals surface area contributed by atoms with Crippen LogP contribution < -0.4 is 4.74 Å². The highest BCUT2D eigenvalue weighted by Crippen LogP contribution is 2.29. The van der Waals surface area contributed by atoms with Crippen LogP contribution in [0.3, 0.4) is 0 Å².